The largest absolute Gasteiger partial charge is 0.478 e. The third kappa shape index (κ3) is 24.0. The molecule has 0 amide bonds. The Morgan fingerprint density at radius 3 is 1.33 bits per heavy atom. The van der Waals surface area contributed by atoms with Crippen LogP contribution in [0.1, 0.15) is 0 Å². The normalized spacial score (nSPS) is 9.89. The van der Waals surface area contributed by atoms with Gasteiger partial charge in [-0.2, -0.15) is 0 Å². The number of hydrogen-bond donors (Lipinski definition) is 4. The highest BCUT2D eigenvalue weighted by Gasteiger charge is 1.88. The molecular weight excluding hydrogens is 248 g/mol. The molecule has 0 spiro atoms. The van der Waals surface area contributed by atoms with Gasteiger partial charge in [0, 0.05) is 12.2 Å². The summed E-state index contributed by atoms with van der Waals surface area (Å²) >= 11 is 0. The number of carboxylic acid groups (broad SMARTS) is 2. The number of aliphatic hydroxyl groups is 2. The topological polar surface area (TPSA) is 134 Å². The molecule has 0 unspecified atom stereocenters. The number of ether oxygens (including phenoxy) is 2. The van der Waals surface area contributed by atoms with E-state index in [1.54, 1.807) is 0 Å². The highest BCUT2D eigenvalue weighted by Crippen LogP contribution is 1.76. The van der Waals surface area contributed by atoms with E-state index in [1.807, 2.05) is 0 Å². The van der Waals surface area contributed by atoms with Gasteiger partial charge in [-0.05, 0) is 0 Å². The lowest BCUT2D eigenvalue weighted by Gasteiger charge is -2.01. The molecule has 0 fully saturated rings. The Bertz CT molecular complexity index is 214. The number of aliphatic hydroxyl groups excluding tert-OH is 2. The lowest BCUT2D eigenvalue weighted by Crippen LogP contribution is -2.09. The van der Waals surface area contributed by atoms with E-state index in [2.05, 4.69) is 0 Å². The summed E-state index contributed by atoms with van der Waals surface area (Å²) in [6.07, 6.45) is 1.12. The van der Waals surface area contributed by atoms with Crippen molar-refractivity contribution >= 4 is 11.9 Å². The van der Waals surface area contributed by atoms with Crippen molar-refractivity contribution in [2.75, 3.05) is 39.6 Å². The molecule has 0 saturated heterocycles. The van der Waals surface area contributed by atoms with Crippen LogP contribution in [0.25, 0.3) is 0 Å². The highest BCUT2D eigenvalue weighted by molar-refractivity contribution is 5.89. The van der Waals surface area contributed by atoms with Crippen LogP contribution in [0, 0.1) is 0 Å². The smallest absolute Gasteiger partial charge is 0.328 e. The predicted molar refractivity (Wildman–Crippen MR) is 60.2 cm³/mol. The molecule has 4 N–H and O–H groups in total. The van der Waals surface area contributed by atoms with Gasteiger partial charge in [0.1, 0.15) is 0 Å². The molecular formula is C10H18O8. The minimum Gasteiger partial charge on any atom is -0.478 e. The third-order valence-corrected chi connectivity index (χ3v) is 1.21. The molecule has 0 radical (unpaired) electrons. The van der Waals surface area contributed by atoms with E-state index >= 15 is 0 Å². The van der Waals surface area contributed by atoms with Crippen LogP contribution in [-0.4, -0.2) is 72.0 Å². The fourth-order valence-corrected chi connectivity index (χ4v) is 0.594. The lowest BCUT2D eigenvalue weighted by molar-refractivity contribution is -0.134. The van der Waals surface area contributed by atoms with Gasteiger partial charge in [-0.3, -0.25) is 0 Å². The van der Waals surface area contributed by atoms with Gasteiger partial charge in [0.2, 0.25) is 0 Å². The van der Waals surface area contributed by atoms with Gasteiger partial charge in [-0.25, -0.2) is 9.59 Å². The van der Waals surface area contributed by atoms with E-state index in [9.17, 15) is 9.59 Å². The van der Waals surface area contributed by atoms with Crippen LogP contribution < -0.4 is 0 Å². The van der Waals surface area contributed by atoms with Gasteiger partial charge in [0.05, 0.1) is 39.6 Å². The fraction of sp³-hybridized carbons (Fsp3) is 0.600. The summed E-state index contributed by atoms with van der Waals surface area (Å²) in [6.45, 7) is 1.73. The van der Waals surface area contributed by atoms with Crippen LogP contribution in [-0.2, 0) is 19.1 Å². The number of aliphatic carboxylic acids is 2. The zero-order valence-corrected chi connectivity index (χ0v) is 9.82. The number of carboxylic acids is 2. The van der Waals surface area contributed by atoms with Crippen LogP contribution in [0.5, 0.6) is 0 Å². The van der Waals surface area contributed by atoms with Gasteiger partial charge in [0.25, 0.3) is 0 Å². The molecule has 0 aromatic carbocycles. The van der Waals surface area contributed by atoms with Gasteiger partial charge < -0.3 is 29.9 Å². The van der Waals surface area contributed by atoms with Crippen LogP contribution in [0.15, 0.2) is 12.2 Å². The second-order valence-electron chi connectivity index (χ2n) is 2.68. The molecule has 0 saturated carbocycles. The first-order valence-electron chi connectivity index (χ1n) is 5.05. The van der Waals surface area contributed by atoms with E-state index in [0.29, 0.717) is 38.6 Å². The Balaban J connectivity index is 0. The molecule has 106 valence electrons. The van der Waals surface area contributed by atoms with E-state index < -0.39 is 11.9 Å². The molecule has 0 bridgehead atoms. The number of rotatable bonds is 9. The summed E-state index contributed by atoms with van der Waals surface area (Å²) in [5.41, 5.74) is 0. The predicted octanol–water partition coefficient (Wildman–Crippen LogP) is -1.28. The molecule has 0 rings (SSSR count). The van der Waals surface area contributed by atoms with Crippen molar-refractivity contribution in [3.8, 4) is 0 Å². The second-order valence-corrected chi connectivity index (χ2v) is 2.68. The molecule has 0 aliphatic carbocycles. The van der Waals surface area contributed by atoms with Gasteiger partial charge in [-0.1, -0.05) is 0 Å². The Labute approximate surface area is 104 Å². The fourth-order valence-electron chi connectivity index (χ4n) is 0.594. The van der Waals surface area contributed by atoms with Gasteiger partial charge in [-0.15, -0.1) is 0 Å². The summed E-state index contributed by atoms with van der Waals surface area (Å²) in [4.78, 5) is 19.1. The highest BCUT2D eigenvalue weighted by atomic mass is 16.5. The zero-order valence-electron chi connectivity index (χ0n) is 9.82. The Kier molecular flexibility index (Phi) is 16.3. The third-order valence-electron chi connectivity index (χ3n) is 1.21. The molecule has 0 aromatic heterocycles. The van der Waals surface area contributed by atoms with Crippen LogP contribution in [0.3, 0.4) is 0 Å². The quantitative estimate of drug-likeness (QED) is 0.299. The SMILES string of the molecule is O=C(O)/C=C/C(=O)O.OCCOCCOCCO. The Morgan fingerprint density at radius 1 is 0.778 bits per heavy atom. The average Bonchev–Trinajstić information content (AvgIpc) is 2.32. The van der Waals surface area contributed by atoms with Crippen LogP contribution >= 0.6 is 0 Å². The van der Waals surface area contributed by atoms with Crippen molar-refractivity contribution in [3.63, 3.8) is 0 Å². The average molecular weight is 266 g/mol. The monoisotopic (exact) mass is 266 g/mol. The summed E-state index contributed by atoms with van der Waals surface area (Å²) in [5.74, 6) is -2.51. The summed E-state index contributed by atoms with van der Waals surface area (Å²) in [7, 11) is 0. The van der Waals surface area contributed by atoms with Crippen LogP contribution in [0.4, 0.5) is 0 Å². The van der Waals surface area contributed by atoms with Crippen molar-refractivity contribution in [2.24, 2.45) is 0 Å². The first kappa shape index (κ1) is 18.9. The van der Waals surface area contributed by atoms with Crippen molar-refractivity contribution in [1.82, 2.24) is 0 Å². The van der Waals surface area contributed by atoms with Crippen molar-refractivity contribution < 1.29 is 39.5 Å². The number of carbonyl (C=O) groups is 2. The molecule has 0 atom stereocenters. The second kappa shape index (κ2) is 15.5. The van der Waals surface area contributed by atoms with E-state index in [1.165, 1.54) is 0 Å². The zero-order chi connectivity index (χ0) is 14.2. The molecule has 8 heteroatoms. The molecule has 0 aliphatic rings. The van der Waals surface area contributed by atoms with Crippen molar-refractivity contribution in [1.29, 1.82) is 0 Å². The van der Waals surface area contributed by atoms with Gasteiger partial charge >= 0.3 is 11.9 Å². The van der Waals surface area contributed by atoms with Gasteiger partial charge in [0.15, 0.2) is 0 Å². The molecule has 0 aliphatic heterocycles. The molecule has 18 heavy (non-hydrogen) atoms. The Hall–Kier alpha value is -1.48. The molecule has 8 nitrogen and oxygen atoms in total. The van der Waals surface area contributed by atoms with Crippen molar-refractivity contribution in [2.45, 2.75) is 0 Å². The minimum atomic E-state index is -1.26. The standard InChI is InChI=1S/C6H14O4.C4H4O4/c7-1-3-9-5-6-10-4-2-8;5-3(6)1-2-4(7)8/h7-8H,1-6H2;1-2H,(H,5,6)(H,7,8)/b;2-1+. The van der Waals surface area contributed by atoms with E-state index in [-0.39, 0.29) is 13.2 Å². The molecule has 0 aromatic rings. The first-order valence-corrected chi connectivity index (χ1v) is 5.05. The first-order chi connectivity index (χ1) is 8.54. The summed E-state index contributed by atoms with van der Waals surface area (Å²) in [5, 5.41) is 32.2. The number of hydrogen-bond acceptors (Lipinski definition) is 6. The van der Waals surface area contributed by atoms with E-state index in [0.717, 1.165) is 0 Å². The molecule has 0 heterocycles. The summed E-state index contributed by atoms with van der Waals surface area (Å²) in [6, 6.07) is 0. The Morgan fingerprint density at radius 2 is 1.11 bits per heavy atom. The lowest BCUT2D eigenvalue weighted by atomic mass is 10.5. The maximum absolute atomic E-state index is 9.55. The maximum Gasteiger partial charge on any atom is 0.328 e. The van der Waals surface area contributed by atoms with E-state index in [4.69, 9.17) is 29.9 Å². The summed E-state index contributed by atoms with van der Waals surface area (Å²) < 4.78 is 9.75. The van der Waals surface area contributed by atoms with Crippen molar-refractivity contribution in [3.05, 3.63) is 12.2 Å². The minimum absolute atomic E-state index is 0.0417. The maximum atomic E-state index is 9.55. The van der Waals surface area contributed by atoms with Crippen LogP contribution in [0.2, 0.25) is 0 Å².